The van der Waals surface area contributed by atoms with Gasteiger partial charge in [0.2, 0.25) is 0 Å². The van der Waals surface area contributed by atoms with Crippen LogP contribution >= 0.6 is 0 Å². The molecule has 0 bridgehead atoms. The number of aryl methyl sites for hydroxylation is 1. The Morgan fingerprint density at radius 3 is 2.57 bits per heavy atom. The van der Waals surface area contributed by atoms with Gasteiger partial charge in [0.05, 0.1) is 7.05 Å². The number of carbonyl (C=O) groups excluding carboxylic acids is 1. The lowest BCUT2D eigenvalue weighted by atomic mass is 9.90. The van der Waals surface area contributed by atoms with E-state index in [4.69, 9.17) is 0 Å². The number of benzene rings is 1. The van der Waals surface area contributed by atoms with E-state index in [-0.39, 0.29) is 6.03 Å². The van der Waals surface area contributed by atoms with E-state index < -0.39 is 0 Å². The molecule has 0 N–H and O–H groups in total. The highest BCUT2D eigenvalue weighted by atomic mass is 16.2. The molecule has 0 saturated carbocycles. The maximum Gasteiger partial charge on any atom is 0.415 e. The molecule has 4 heteroatoms. The van der Waals surface area contributed by atoms with Gasteiger partial charge in [-0.1, -0.05) is 30.3 Å². The number of likely N-dealkylation sites (tertiary alicyclic amines) is 1. The van der Waals surface area contributed by atoms with E-state index in [1.54, 1.807) is 4.57 Å². The highest BCUT2D eigenvalue weighted by Gasteiger charge is 2.26. The van der Waals surface area contributed by atoms with E-state index in [0.717, 1.165) is 32.4 Å². The van der Waals surface area contributed by atoms with Crippen LogP contribution in [0.5, 0.6) is 0 Å². The third-order valence-electron chi connectivity index (χ3n) is 4.24. The smallest absolute Gasteiger partial charge is 0.304 e. The van der Waals surface area contributed by atoms with Crippen molar-refractivity contribution < 1.29 is 9.36 Å². The standard InChI is InChI=1S/C17H22N3O/c1-18-11-12-20(14-18)17(21)19-9-7-16(8-10-19)13-15-5-3-2-4-6-15/h2-6,11-12,14,16H,7-10,13H2,1H3/q+1. The van der Waals surface area contributed by atoms with Gasteiger partial charge in [-0.15, -0.1) is 0 Å². The highest BCUT2D eigenvalue weighted by Crippen LogP contribution is 2.22. The van der Waals surface area contributed by atoms with Crippen molar-refractivity contribution in [2.45, 2.75) is 19.3 Å². The molecule has 21 heavy (non-hydrogen) atoms. The van der Waals surface area contributed by atoms with Gasteiger partial charge >= 0.3 is 6.03 Å². The SMILES string of the molecule is C[n+]1ccn(C(=O)N2CCC(Cc3ccccc3)CC2)c1. The van der Waals surface area contributed by atoms with E-state index in [1.807, 2.05) is 35.2 Å². The van der Waals surface area contributed by atoms with Crippen LogP contribution in [0.25, 0.3) is 0 Å². The van der Waals surface area contributed by atoms with Gasteiger partial charge in [0.1, 0.15) is 12.4 Å². The minimum absolute atomic E-state index is 0.0914. The number of nitrogens with zero attached hydrogens (tertiary/aromatic N) is 3. The summed E-state index contributed by atoms with van der Waals surface area (Å²) in [7, 11) is 1.93. The minimum Gasteiger partial charge on any atom is -0.304 e. The molecule has 0 radical (unpaired) electrons. The zero-order valence-corrected chi connectivity index (χ0v) is 12.5. The summed E-state index contributed by atoms with van der Waals surface area (Å²) in [6.45, 7) is 1.72. The van der Waals surface area contributed by atoms with Crippen LogP contribution in [0.15, 0.2) is 49.1 Å². The number of carbonyl (C=O) groups is 1. The summed E-state index contributed by atoms with van der Waals surface area (Å²) in [5.74, 6) is 0.692. The van der Waals surface area contributed by atoms with Gasteiger partial charge in [-0.05, 0) is 30.7 Å². The number of imidazole rings is 1. The summed E-state index contributed by atoms with van der Waals surface area (Å²) in [6.07, 6.45) is 8.83. The molecule has 4 nitrogen and oxygen atoms in total. The molecule has 1 aromatic heterocycles. The van der Waals surface area contributed by atoms with Crippen LogP contribution in [-0.4, -0.2) is 28.6 Å². The van der Waals surface area contributed by atoms with Crippen molar-refractivity contribution in [2.24, 2.45) is 13.0 Å². The second-order valence-corrected chi connectivity index (χ2v) is 5.89. The van der Waals surface area contributed by atoms with Crippen molar-refractivity contribution in [1.29, 1.82) is 0 Å². The van der Waals surface area contributed by atoms with Crippen LogP contribution in [0.4, 0.5) is 4.79 Å². The average molecular weight is 284 g/mol. The van der Waals surface area contributed by atoms with Crippen LogP contribution in [0.3, 0.4) is 0 Å². The number of hydrogen-bond acceptors (Lipinski definition) is 1. The Balaban J connectivity index is 1.54. The molecule has 1 amide bonds. The third kappa shape index (κ3) is 3.32. The van der Waals surface area contributed by atoms with Crippen LogP contribution in [-0.2, 0) is 13.5 Å². The van der Waals surface area contributed by atoms with Crippen molar-refractivity contribution in [1.82, 2.24) is 9.47 Å². The van der Waals surface area contributed by atoms with Crippen molar-refractivity contribution in [3.8, 4) is 0 Å². The molecule has 2 heterocycles. The maximum absolute atomic E-state index is 12.4. The Bertz CT molecular complexity index is 598. The summed E-state index contributed by atoms with van der Waals surface area (Å²) in [5, 5.41) is 0. The predicted molar refractivity (Wildman–Crippen MR) is 80.8 cm³/mol. The fourth-order valence-corrected chi connectivity index (χ4v) is 3.00. The Morgan fingerprint density at radius 2 is 1.95 bits per heavy atom. The fourth-order valence-electron chi connectivity index (χ4n) is 3.00. The van der Waals surface area contributed by atoms with Crippen molar-refractivity contribution in [2.75, 3.05) is 13.1 Å². The zero-order chi connectivity index (χ0) is 14.7. The molecule has 110 valence electrons. The molecule has 0 spiro atoms. The molecule has 1 saturated heterocycles. The first-order valence-corrected chi connectivity index (χ1v) is 7.59. The third-order valence-corrected chi connectivity index (χ3v) is 4.24. The van der Waals surface area contributed by atoms with Gasteiger partial charge in [-0.3, -0.25) is 0 Å². The molecule has 0 atom stereocenters. The molecule has 0 unspecified atom stereocenters. The first-order chi connectivity index (χ1) is 10.2. The summed E-state index contributed by atoms with van der Waals surface area (Å²) in [6, 6.07) is 10.7. The van der Waals surface area contributed by atoms with Gasteiger partial charge in [-0.25, -0.2) is 9.36 Å². The number of rotatable bonds is 2. The Kier molecular flexibility index (Phi) is 4.04. The molecule has 3 rings (SSSR count). The van der Waals surface area contributed by atoms with Gasteiger partial charge in [0, 0.05) is 13.1 Å². The first-order valence-electron chi connectivity index (χ1n) is 7.59. The van der Waals surface area contributed by atoms with E-state index in [1.165, 1.54) is 5.56 Å². The Hall–Kier alpha value is -2.10. The molecular weight excluding hydrogens is 262 g/mol. The fraction of sp³-hybridized carbons (Fsp3) is 0.412. The highest BCUT2D eigenvalue weighted by molar-refractivity contribution is 5.76. The lowest BCUT2D eigenvalue weighted by molar-refractivity contribution is -0.670. The van der Waals surface area contributed by atoms with Crippen LogP contribution in [0.2, 0.25) is 0 Å². The molecule has 0 aliphatic carbocycles. The van der Waals surface area contributed by atoms with Gasteiger partial charge in [-0.2, -0.15) is 4.57 Å². The van der Waals surface area contributed by atoms with E-state index in [0.29, 0.717) is 5.92 Å². The van der Waals surface area contributed by atoms with Gasteiger partial charge < -0.3 is 4.90 Å². The Labute approximate surface area is 125 Å². The molecule has 1 aliphatic heterocycles. The second-order valence-electron chi connectivity index (χ2n) is 5.89. The zero-order valence-electron chi connectivity index (χ0n) is 12.5. The summed E-state index contributed by atoms with van der Waals surface area (Å²) < 4.78 is 3.55. The van der Waals surface area contributed by atoms with Crippen LogP contribution in [0.1, 0.15) is 18.4 Å². The molecule has 1 fully saturated rings. The molecule has 1 aliphatic rings. The number of amides is 1. The summed E-state index contributed by atoms with van der Waals surface area (Å²) in [5.41, 5.74) is 1.40. The van der Waals surface area contributed by atoms with Gasteiger partial charge in [0.25, 0.3) is 6.33 Å². The van der Waals surface area contributed by atoms with Crippen molar-refractivity contribution >= 4 is 6.03 Å². The Morgan fingerprint density at radius 1 is 1.24 bits per heavy atom. The average Bonchev–Trinajstić information content (AvgIpc) is 2.95. The van der Waals surface area contributed by atoms with Crippen LogP contribution < -0.4 is 4.57 Å². The number of aromatic nitrogens is 2. The quantitative estimate of drug-likeness (QED) is 0.778. The second kappa shape index (κ2) is 6.12. The minimum atomic E-state index is 0.0914. The largest absolute Gasteiger partial charge is 0.415 e. The molecular formula is C17H22N3O+. The lowest BCUT2D eigenvalue weighted by Crippen LogP contribution is -2.41. The lowest BCUT2D eigenvalue weighted by Gasteiger charge is -2.30. The maximum atomic E-state index is 12.4. The van der Waals surface area contributed by atoms with Crippen molar-refractivity contribution in [3.63, 3.8) is 0 Å². The van der Waals surface area contributed by atoms with Crippen LogP contribution in [0, 0.1) is 5.92 Å². The van der Waals surface area contributed by atoms with E-state index in [2.05, 4.69) is 30.3 Å². The first kappa shape index (κ1) is 13.9. The molecule has 1 aromatic carbocycles. The number of piperidine rings is 1. The normalized spacial score (nSPS) is 16.1. The summed E-state index contributed by atoms with van der Waals surface area (Å²) >= 11 is 0. The number of hydrogen-bond donors (Lipinski definition) is 0. The molecule has 2 aromatic rings. The van der Waals surface area contributed by atoms with Crippen molar-refractivity contribution in [3.05, 3.63) is 54.6 Å². The predicted octanol–water partition coefficient (Wildman–Crippen LogP) is 2.24. The van der Waals surface area contributed by atoms with Gasteiger partial charge in [0.15, 0.2) is 0 Å². The summed E-state index contributed by atoms with van der Waals surface area (Å²) in [4.78, 5) is 14.3. The van der Waals surface area contributed by atoms with E-state index >= 15 is 0 Å². The topological polar surface area (TPSA) is 29.1 Å². The van der Waals surface area contributed by atoms with E-state index in [9.17, 15) is 4.79 Å². The monoisotopic (exact) mass is 284 g/mol.